The summed E-state index contributed by atoms with van der Waals surface area (Å²) in [6, 6.07) is 17.8. The van der Waals surface area contributed by atoms with E-state index in [1.54, 1.807) is 7.11 Å². The highest BCUT2D eigenvalue weighted by atomic mass is 127. The fraction of sp³-hybridized carbons (Fsp3) is 0.316. The molecule has 136 valence electrons. The summed E-state index contributed by atoms with van der Waals surface area (Å²) >= 11 is 0. The van der Waals surface area contributed by atoms with Gasteiger partial charge in [0.1, 0.15) is 11.5 Å². The van der Waals surface area contributed by atoms with E-state index < -0.39 is 0 Å². The second-order valence-corrected chi connectivity index (χ2v) is 5.31. The number of methoxy groups -OCH3 is 1. The monoisotopic (exact) mass is 455 g/mol. The molecule has 2 aromatic rings. The van der Waals surface area contributed by atoms with Gasteiger partial charge in [-0.15, -0.1) is 24.0 Å². The minimum atomic E-state index is 0. The van der Waals surface area contributed by atoms with Crippen LogP contribution in [0.2, 0.25) is 0 Å². The Labute approximate surface area is 166 Å². The molecule has 5 nitrogen and oxygen atoms in total. The Morgan fingerprint density at radius 2 is 1.76 bits per heavy atom. The highest BCUT2D eigenvalue weighted by Gasteiger charge is 1.96. The highest BCUT2D eigenvalue weighted by molar-refractivity contribution is 14.0. The molecule has 0 fully saturated rings. The van der Waals surface area contributed by atoms with Crippen LogP contribution in [-0.2, 0) is 6.42 Å². The molecule has 0 amide bonds. The van der Waals surface area contributed by atoms with E-state index in [1.807, 2.05) is 42.5 Å². The number of rotatable bonds is 9. The lowest BCUT2D eigenvalue weighted by Gasteiger charge is -2.07. The van der Waals surface area contributed by atoms with Gasteiger partial charge in [0.2, 0.25) is 0 Å². The van der Waals surface area contributed by atoms with Crippen LogP contribution in [0.15, 0.2) is 59.6 Å². The number of para-hydroxylation sites is 1. The van der Waals surface area contributed by atoms with Crippen LogP contribution in [0.4, 0.5) is 0 Å². The molecular formula is C19H26IN3O2. The molecule has 2 aromatic carbocycles. The molecule has 0 aliphatic rings. The van der Waals surface area contributed by atoms with Gasteiger partial charge in [-0.05, 0) is 36.2 Å². The van der Waals surface area contributed by atoms with Crippen molar-refractivity contribution in [2.45, 2.75) is 12.8 Å². The molecule has 6 heteroatoms. The van der Waals surface area contributed by atoms with Crippen LogP contribution in [0.1, 0.15) is 12.0 Å². The van der Waals surface area contributed by atoms with Crippen molar-refractivity contribution >= 4 is 29.9 Å². The summed E-state index contributed by atoms with van der Waals surface area (Å²) < 4.78 is 10.7. The van der Waals surface area contributed by atoms with E-state index in [0.29, 0.717) is 19.1 Å². The molecule has 3 N–H and O–H groups in total. The molecule has 0 aliphatic carbocycles. The van der Waals surface area contributed by atoms with Crippen molar-refractivity contribution in [1.82, 2.24) is 5.32 Å². The Morgan fingerprint density at radius 1 is 1.04 bits per heavy atom. The van der Waals surface area contributed by atoms with Gasteiger partial charge in [-0.25, -0.2) is 0 Å². The first kappa shape index (κ1) is 21.1. The average molecular weight is 455 g/mol. The van der Waals surface area contributed by atoms with Crippen molar-refractivity contribution in [2.75, 3.05) is 26.8 Å². The molecule has 0 aromatic heterocycles. The van der Waals surface area contributed by atoms with E-state index in [4.69, 9.17) is 15.2 Å². The standard InChI is InChI=1S/C19H25N3O2.HI/c1-23-17-10-8-16(9-11-17)12-14-22-19(20)21-13-5-15-24-18-6-3-2-4-7-18;/h2-4,6-11H,5,12-15H2,1H3,(H3,20,21,22);1H. The van der Waals surface area contributed by atoms with E-state index in [2.05, 4.69) is 22.4 Å². The van der Waals surface area contributed by atoms with Crippen LogP contribution in [0.5, 0.6) is 11.5 Å². The second kappa shape index (κ2) is 12.4. The van der Waals surface area contributed by atoms with Crippen molar-refractivity contribution < 1.29 is 9.47 Å². The normalized spacial score (nSPS) is 10.7. The number of aliphatic imine (C=N–C) groups is 1. The minimum Gasteiger partial charge on any atom is -0.497 e. The number of ether oxygens (including phenoxy) is 2. The van der Waals surface area contributed by atoms with Gasteiger partial charge in [0.15, 0.2) is 5.96 Å². The zero-order chi connectivity index (χ0) is 17.0. The minimum absolute atomic E-state index is 0. The lowest BCUT2D eigenvalue weighted by molar-refractivity contribution is 0.313. The van der Waals surface area contributed by atoms with Gasteiger partial charge in [-0.1, -0.05) is 30.3 Å². The summed E-state index contributed by atoms with van der Waals surface area (Å²) in [4.78, 5) is 4.30. The molecule has 0 saturated carbocycles. The van der Waals surface area contributed by atoms with E-state index in [0.717, 1.165) is 30.9 Å². The third-order valence-electron chi connectivity index (χ3n) is 3.48. The number of halogens is 1. The largest absolute Gasteiger partial charge is 0.497 e. The quantitative estimate of drug-likeness (QED) is 0.264. The smallest absolute Gasteiger partial charge is 0.188 e. The van der Waals surface area contributed by atoms with Crippen LogP contribution in [0.3, 0.4) is 0 Å². The van der Waals surface area contributed by atoms with Gasteiger partial charge in [0.25, 0.3) is 0 Å². The summed E-state index contributed by atoms with van der Waals surface area (Å²) in [5, 5.41) is 3.12. The fourth-order valence-electron chi connectivity index (χ4n) is 2.15. The lowest BCUT2D eigenvalue weighted by atomic mass is 10.1. The lowest BCUT2D eigenvalue weighted by Crippen LogP contribution is -2.33. The average Bonchev–Trinajstić information content (AvgIpc) is 2.63. The van der Waals surface area contributed by atoms with Crippen LogP contribution in [0, 0.1) is 0 Å². The van der Waals surface area contributed by atoms with Crippen LogP contribution in [0.25, 0.3) is 0 Å². The predicted octanol–water partition coefficient (Wildman–Crippen LogP) is 3.23. The van der Waals surface area contributed by atoms with Gasteiger partial charge in [-0.3, -0.25) is 4.99 Å². The van der Waals surface area contributed by atoms with Crippen LogP contribution in [-0.4, -0.2) is 32.8 Å². The summed E-state index contributed by atoms with van der Waals surface area (Å²) in [6.45, 7) is 2.03. The molecule has 25 heavy (non-hydrogen) atoms. The third-order valence-corrected chi connectivity index (χ3v) is 3.48. The first-order chi connectivity index (χ1) is 11.8. The van der Waals surface area contributed by atoms with Gasteiger partial charge >= 0.3 is 0 Å². The van der Waals surface area contributed by atoms with Crippen molar-refractivity contribution in [2.24, 2.45) is 10.7 Å². The van der Waals surface area contributed by atoms with Crippen LogP contribution < -0.4 is 20.5 Å². The van der Waals surface area contributed by atoms with E-state index in [9.17, 15) is 0 Å². The third kappa shape index (κ3) is 8.62. The maximum absolute atomic E-state index is 5.85. The molecule has 0 bridgehead atoms. The van der Waals surface area contributed by atoms with Crippen molar-refractivity contribution in [1.29, 1.82) is 0 Å². The number of nitrogens with zero attached hydrogens (tertiary/aromatic N) is 1. The summed E-state index contributed by atoms with van der Waals surface area (Å²) in [6.07, 6.45) is 1.72. The molecule has 0 aliphatic heterocycles. The molecule has 0 spiro atoms. The number of guanidine groups is 1. The number of hydrogen-bond donors (Lipinski definition) is 2. The van der Waals surface area contributed by atoms with Crippen molar-refractivity contribution in [3.05, 3.63) is 60.2 Å². The Bertz CT molecular complexity index is 618. The summed E-state index contributed by atoms with van der Waals surface area (Å²) in [5.74, 6) is 2.22. The zero-order valence-corrected chi connectivity index (χ0v) is 16.8. The summed E-state index contributed by atoms with van der Waals surface area (Å²) in [5.41, 5.74) is 7.08. The Balaban J connectivity index is 0.00000312. The first-order valence-electron chi connectivity index (χ1n) is 8.12. The topological polar surface area (TPSA) is 68.9 Å². The molecule has 0 radical (unpaired) electrons. The molecule has 0 atom stereocenters. The summed E-state index contributed by atoms with van der Waals surface area (Å²) in [7, 11) is 1.67. The number of nitrogens with two attached hydrogens (primary N) is 1. The van der Waals surface area contributed by atoms with Gasteiger partial charge < -0.3 is 20.5 Å². The Morgan fingerprint density at radius 3 is 2.44 bits per heavy atom. The number of nitrogens with one attached hydrogen (secondary N) is 1. The first-order valence-corrected chi connectivity index (χ1v) is 8.12. The Hall–Kier alpha value is -1.96. The van der Waals surface area contributed by atoms with Crippen molar-refractivity contribution in [3.63, 3.8) is 0 Å². The second-order valence-electron chi connectivity index (χ2n) is 5.31. The molecular weight excluding hydrogens is 429 g/mol. The maximum Gasteiger partial charge on any atom is 0.188 e. The molecule has 0 saturated heterocycles. The van der Waals surface area contributed by atoms with E-state index >= 15 is 0 Å². The highest BCUT2D eigenvalue weighted by Crippen LogP contribution is 2.11. The van der Waals surface area contributed by atoms with Gasteiger partial charge in [0, 0.05) is 19.5 Å². The molecule has 2 rings (SSSR count). The van der Waals surface area contributed by atoms with E-state index in [-0.39, 0.29) is 24.0 Å². The molecule has 0 unspecified atom stereocenters. The fourth-order valence-corrected chi connectivity index (χ4v) is 2.15. The number of hydrogen-bond acceptors (Lipinski definition) is 3. The van der Waals surface area contributed by atoms with Gasteiger partial charge in [-0.2, -0.15) is 0 Å². The predicted molar refractivity (Wildman–Crippen MR) is 113 cm³/mol. The number of benzene rings is 2. The SMILES string of the molecule is COc1ccc(CCNC(N)=NCCCOc2ccccc2)cc1.I. The van der Waals surface area contributed by atoms with Crippen molar-refractivity contribution in [3.8, 4) is 11.5 Å². The zero-order valence-electron chi connectivity index (χ0n) is 14.5. The van der Waals surface area contributed by atoms with Crippen LogP contribution >= 0.6 is 24.0 Å². The van der Waals surface area contributed by atoms with E-state index in [1.165, 1.54) is 5.56 Å². The maximum atomic E-state index is 5.85. The molecule has 0 heterocycles. The van der Waals surface area contributed by atoms with Gasteiger partial charge in [0.05, 0.1) is 13.7 Å². The Kier molecular flexibility index (Phi) is 10.5.